The number of ether oxygens (including phenoxy) is 1. The van der Waals surface area contributed by atoms with E-state index < -0.39 is 17.9 Å². The lowest BCUT2D eigenvalue weighted by molar-refractivity contribution is -0.145. The van der Waals surface area contributed by atoms with Gasteiger partial charge < -0.3 is 14.3 Å². The Kier molecular flexibility index (Phi) is 6.43. The van der Waals surface area contributed by atoms with Crippen molar-refractivity contribution in [3.8, 4) is 17.1 Å². The molecular formula is C24H19NO5S2. The van der Waals surface area contributed by atoms with Gasteiger partial charge in [0.1, 0.15) is 27.6 Å². The Morgan fingerprint density at radius 1 is 1.16 bits per heavy atom. The third-order valence-corrected chi connectivity index (χ3v) is 6.30. The van der Waals surface area contributed by atoms with Gasteiger partial charge in [-0.1, -0.05) is 54.3 Å². The van der Waals surface area contributed by atoms with Crippen LogP contribution in [0.5, 0.6) is 5.75 Å². The minimum atomic E-state index is -1.11. The number of aliphatic carboxylic acids is 1. The van der Waals surface area contributed by atoms with E-state index in [1.165, 1.54) is 4.90 Å². The summed E-state index contributed by atoms with van der Waals surface area (Å²) in [5.74, 6) is 0.317. The Balaban J connectivity index is 1.55. The van der Waals surface area contributed by atoms with E-state index in [0.717, 1.165) is 28.6 Å². The second-order valence-corrected chi connectivity index (χ2v) is 8.70. The normalized spacial score (nSPS) is 15.9. The Hall–Kier alpha value is -3.36. The zero-order chi connectivity index (χ0) is 22.7. The number of hydrogen-bond acceptors (Lipinski definition) is 6. The molecule has 0 radical (unpaired) electrons. The molecule has 1 aliphatic heterocycles. The molecule has 1 saturated heterocycles. The number of furan rings is 1. The number of amides is 1. The first kappa shape index (κ1) is 21.9. The van der Waals surface area contributed by atoms with Crippen molar-refractivity contribution in [1.82, 2.24) is 4.90 Å². The fourth-order valence-corrected chi connectivity index (χ4v) is 4.68. The van der Waals surface area contributed by atoms with Crippen LogP contribution in [0.15, 0.2) is 76.1 Å². The summed E-state index contributed by atoms with van der Waals surface area (Å²) >= 11 is 6.42. The lowest BCUT2D eigenvalue weighted by atomic mass is 10.0. The molecule has 1 N–H and O–H groups in total. The molecule has 1 fully saturated rings. The smallest absolute Gasteiger partial charge is 0.327 e. The first-order chi connectivity index (χ1) is 15.5. The summed E-state index contributed by atoms with van der Waals surface area (Å²) < 4.78 is 11.2. The summed E-state index contributed by atoms with van der Waals surface area (Å²) in [6, 6.07) is 19.1. The number of benzene rings is 2. The number of hydrogen-bond donors (Lipinski definition) is 1. The molecule has 8 heteroatoms. The van der Waals surface area contributed by atoms with E-state index in [2.05, 4.69) is 0 Å². The lowest BCUT2D eigenvalue weighted by Crippen LogP contribution is -2.45. The maximum absolute atomic E-state index is 13.0. The minimum Gasteiger partial charge on any atom is -0.497 e. The van der Waals surface area contributed by atoms with Crippen molar-refractivity contribution in [2.45, 2.75) is 12.5 Å². The molecule has 0 unspecified atom stereocenters. The van der Waals surface area contributed by atoms with Gasteiger partial charge >= 0.3 is 5.97 Å². The van der Waals surface area contributed by atoms with Gasteiger partial charge in [0.25, 0.3) is 5.91 Å². The number of methoxy groups -OCH3 is 1. The summed E-state index contributed by atoms with van der Waals surface area (Å²) in [5.41, 5.74) is 1.68. The first-order valence-electron chi connectivity index (χ1n) is 9.74. The molecule has 2 heterocycles. The van der Waals surface area contributed by atoms with Crippen LogP contribution in [0.4, 0.5) is 0 Å². The summed E-state index contributed by atoms with van der Waals surface area (Å²) in [4.78, 5) is 26.5. The number of thiocarbonyl (C=S) groups is 1. The lowest BCUT2D eigenvalue weighted by Gasteiger charge is -2.23. The van der Waals surface area contributed by atoms with Crippen molar-refractivity contribution in [2.24, 2.45) is 0 Å². The van der Waals surface area contributed by atoms with Gasteiger partial charge in [-0.15, -0.1) is 0 Å². The highest BCUT2D eigenvalue weighted by Crippen LogP contribution is 2.35. The Morgan fingerprint density at radius 3 is 2.53 bits per heavy atom. The Morgan fingerprint density at radius 2 is 1.88 bits per heavy atom. The SMILES string of the molecule is COc1ccc(-c2ccc(/C=C3/SC(=S)N([C@@H](Cc4ccccc4)C(=O)O)C3=O)o2)cc1. The molecule has 2 aromatic carbocycles. The fourth-order valence-electron chi connectivity index (χ4n) is 3.34. The molecule has 1 atom stereocenters. The number of carboxylic acids is 1. The summed E-state index contributed by atoms with van der Waals surface area (Å²) in [6.07, 6.45) is 1.76. The zero-order valence-corrected chi connectivity index (χ0v) is 18.7. The van der Waals surface area contributed by atoms with Crippen molar-refractivity contribution < 1.29 is 23.8 Å². The van der Waals surface area contributed by atoms with Crippen LogP contribution in [0.1, 0.15) is 11.3 Å². The van der Waals surface area contributed by atoms with Crippen LogP contribution in [-0.2, 0) is 16.0 Å². The minimum absolute atomic E-state index is 0.165. The van der Waals surface area contributed by atoms with E-state index in [1.807, 2.05) is 60.7 Å². The van der Waals surface area contributed by atoms with E-state index in [-0.39, 0.29) is 10.7 Å². The van der Waals surface area contributed by atoms with E-state index in [4.69, 9.17) is 21.4 Å². The summed E-state index contributed by atoms with van der Waals surface area (Å²) in [7, 11) is 1.60. The average Bonchev–Trinajstić information content (AvgIpc) is 3.37. The van der Waals surface area contributed by atoms with Crippen LogP contribution in [0.2, 0.25) is 0 Å². The molecule has 4 rings (SSSR count). The van der Waals surface area contributed by atoms with Gasteiger partial charge in [0.15, 0.2) is 0 Å². The molecule has 162 valence electrons. The molecule has 1 aromatic heterocycles. The maximum Gasteiger partial charge on any atom is 0.327 e. The molecule has 0 spiro atoms. The van der Waals surface area contributed by atoms with Crippen LogP contribution in [0.3, 0.4) is 0 Å². The number of nitrogens with zero attached hydrogens (tertiary/aromatic N) is 1. The number of carbonyl (C=O) groups excluding carboxylic acids is 1. The number of carbonyl (C=O) groups is 2. The van der Waals surface area contributed by atoms with Gasteiger partial charge in [0.05, 0.1) is 12.0 Å². The largest absolute Gasteiger partial charge is 0.497 e. The number of thioether (sulfide) groups is 1. The Bertz CT molecular complexity index is 1180. The quantitative estimate of drug-likeness (QED) is 0.395. The van der Waals surface area contributed by atoms with Crippen molar-refractivity contribution in [1.29, 1.82) is 0 Å². The van der Waals surface area contributed by atoms with E-state index in [1.54, 1.807) is 19.3 Å². The molecule has 3 aromatic rings. The van der Waals surface area contributed by atoms with Crippen LogP contribution >= 0.6 is 24.0 Å². The highest BCUT2D eigenvalue weighted by molar-refractivity contribution is 8.26. The van der Waals surface area contributed by atoms with Gasteiger partial charge in [-0.05, 0) is 42.0 Å². The summed E-state index contributed by atoms with van der Waals surface area (Å²) in [5, 5.41) is 9.76. The van der Waals surface area contributed by atoms with Crippen LogP contribution < -0.4 is 4.74 Å². The number of rotatable bonds is 7. The van der Waals surface area contributed by atoms with Crippen LogP contribution in [-0.4, -0.2) is 39.4 Å². The van der Waals surface area contributed by atoms with Crippen LogP contribution in [0, 0.1) is 0 Å². The molecule has 0 saturated carbocycles. The third-order valence-electron chi connectivity index (χ3n) is 4.97. The van der Waals surface area contributed by atoms with Gasteiger partial charge in [0.2, 0.25) is 0 Å². The molecule has 0 bridgehead atoms. The topological polar surface area (TPSA) is 80.0 Å². The second-order valence-electron chi connectivity index (χ2n) is 7.03. The average molecular weight is 466 g/mol. The molecule has 6 nitrogen and oxygen atoms in total. The number of carboxylic acid groups (broad SMARTS) is 1. The van der Waals surface area contributed by atoms with Gasteiger partial charge in [-0.25, -0.2) is 4.79 Å². The fraction of sp³-hybridized carbons (Fsp3) is 0.125. The molecule has 32 heavy (non-hydrogen) atoms. The Labute approximate surface area is 194 Å². The first-order valence-corrected chi connectivity index (χ1v) is 11.0. The predicted molar refractivity (Wildman–Crippen MR) is 127 cm³/mol. The monoisotopic (exact) mass is 465 g/mol. The highest BCUT2D eigenvalue weighted by Gasteiger charge is 2.40. The highest BCUT2D eigenvalue weighted by atomic mass is 32.2. The standard InChI is InChI=1S/C24H19NO5S2/c1-29-17-9-7-16(8-10-17)20-12-11-18(30-20)14-21-22(26)25(24(31)32-21)19(23(27)28)13-15-5-3-2-4-6-15/h2-12,14,19H,13H2,1H3,(H,27,28)/b21-14+/t19-/m0/s1. The third kappa shape index (κ3) is 4.61. The van der Waals surface area contributed by atoms with Crippen molar-refractivity contribution in [3.63, 3.8) is 0 Å². The zero-order valence-electron chi connectivity index (χ0n) is 17.1. The van der Waals surface area contributed by atoms with Gasteiger partial charge in [-0.3, -0.25) is 9.69 Å². The summed E-state index contributed by atoms with van der Waals surface area (Å²) in [6.45, 7) is 0. The van der Waals surface area contributed by atoms with Crippen molar-refractivity contribution in [2.75, 3.05) is 7.11 Å². The van der Waals surface area contributed by atoms with Crippen LogP contribution in [0.25, 0.3) is 17.4 Å². The van der Waals surface area contributed by atoms with Crippen molar-refractivity contribution in [3.05, 3.63) is 83.0 Å². The maximum atomic E-state index is 13.0. The van der Waals surface area contributed by atoms with E-state index >= 15 is 0 Å². The predicted octanol–water partition coefficient (Wildman–Crippen LogP) is 4.85. The van der Waals surface area contributed by atoms with E-state index in [9.17, 15) is 14.7 Å². The molecule has 0 aliphatic carbocycles. The molecular weight excluding hydrogens is 446 g/mol. The van der Waals surface area contributed by atoms with Gasteiger partial charge in [0, 0.05) is 18.1 Å². The molecule has 1 amide bonds. The van der Waals surface area contributed by atoms with Crippen molar-refractivity contribution >= 4 is 46.3 Å². The second kappa shape index (κ2) is 9.42. The van der Waals surface area contributed by atoms with Gasteiger partial charge in [-0.2, -0.15) is 0 Å². The molecule has 1 aliphatic rings. The van der Waals surface area contributed by atoms with E-state index in [0.29, 0.717) is 16.4 Å².